The summed E-state index contributed by atoms with van der Waals surface area (Å²) >= 11 is 0. The van der Waals surface area contributed by atoms with Crippen LogP contribution in [0.1, 0.15) is 65.0 Å². The van der Waals surface area contributed by atoms with Gasteiger partial charge in [0.25, 0.3) is 0 Å². The Hall–Kier alpha value is -2.62. The van der Waals surface area contributed by atoms with Crippen LogP contribution in [0, 0.1) is 0 Å². The monoisotopic (exact) mass is 463 g/mol. The Kier molecular flexibility index (Phi) is 7.36. The predicted molar refractivity (Wildman–Crippen MR) is 124 cm³/mol. The zero-order chi connectivity index (χ0) is 24.5. The van der Waals surface area contributed by atoms with Gasteiger partial charge in [0.1, 0.15) is 17.5 Å². The van der Waals surface area contributed by atoms with Crippen LogP contribution in [-0.4, -0.2) is 93.4 Å². The summed E-state index contributed by atoms with van der Waals surface area (Å²) in [4.78, 5) is 38.8. The molecular formula is C23H37N5O5. The van der Waals surface area contributed by atoms with E-state index in [0.29, 0.717) is 18.9 Å². The predicted octanol–water partition coefficient (Wildman–Crippen LogP) is 2.87. The first-order valence-electron chi connectivity index (χ1n) is 11.6. The molecule has 184 valence electrons. The number of likely N-dealkylation sites (tertiary alicyclic amines) is 1. The molecule has 0 bridgehead atoms. The zero-order valence-electron chi connectivity index (χ0n) is 20.7. The second-order valence-corrected chi connectivity index (χ2v) is 10.2. The largest absolute Gasteiger partial charge is 0.475 e. The van der Waals surface area contributed by atoms with Crippen LogP contribution in [0.3, 0.4) is 0 Å². The first kappa shape index (κ1) is 25.0. The zero-order valence-corrected chi connectivity index (χ0v) is 20.7. The molecule has 10 heteroatoms. The molecule has 0 spiro atoms. The topological polar surface area (TPSA) is 108 Å². The number of rotatable bonds is 5. The number of nitrogens with zero attached hydrogens (tertiary/aromatic N) is 5. The van der Waals surface area contributed by atoms with E-state index in [0.717, 1.165) is 19.4 Å². The second-order valence-electron chi connectivity index (χ2n) is 10.2. The number of aromatic nitrogens is 2. The number of carboxylic acid groups (broad SMARTS) is 1. The molecule has 0 aromatic carbocycles. The van der Waals surface area contributed by atoms with Crippen LogP contribution < -0.4 is 9.64 Å². The van der Waals surface area contributed by atoms with E-state index >= 15 is 0 Å². The summed E-state index contributed by atoms with van der Waals surface area (Å²) in [5.74, 6) is -0.780. The van der Waals surface area contributed by atoms with Crippen LogP contribution in [0.5, 0.6) is 5.88 Å². The SMILES string of the molecule is C[C@H](Oc1cc(N2C[C@@H](C)N(C(=O)OC(C)(C)C)[C@@H](C)C2)nc(C(=O)O)n1)[C@@H]1CCCN1C. The third-order valence-corrected chi connectivity index (χ3v) is 6.15. The number of carboxylic acids is 1. The van der Waals surface area contributed by atoms with Crippen LogP contribution in [0.15, 0.2) is 6.07 Å². The van der Waals surface area contributed by atoms with Crippen molar-refractivity contribution < 1.29 is 24.2 Å². The van der Waals surface area contributed by atoms with E-state index in [2.05, 4.69) is 21.9 Å². The lowest BCUT2D eigenvalue weighted by molar-refractivity contribution is 0.00558. The van der Waals surface area contributed by atoms with E-state index in [1.54, 1.807) is 11.0 Å². The average molecular weight is 464 g/mol. The number of amides is 1. The van der Waals surface area contributed by atoms with Crippen LogP contribution in [0.4, 0.5) is 10.6 Å². The third kappa shape index (κ3) is 6.04. The van der Waals surface area contributed by atoms with Crippen molar-refractivity contribution in [2.24, 2.45) is 0 Å². The molecule has 2 fully saturated rings. The van der Waals surface area contributed by atoms with Crippen LogP contribution in [-0.2, 0) is 4.74 Å². The Balaban J connectivity index is 1.79. The lowest BCUT2D eigenvalue weighted by Crippen LogP contribution is -2.59. The smallest absolute Gasteiger partial charge is 0.410 e. The molecule has 2 aliphatic heterocycles. The van der Waals surface area contributed by atoms with Gasteiger partial charge in [0.05, 0.1) is 12.1 Å². The van der Waals surface area contributed by atoms with Gasteiger partial charge >= 0.3 is 12.1 Å². The summed E-state index contributed by atoms with van der Waals surface area (Å²) in [6.07, 6.45) is 1.66. The number of likely N-dealkylation sites (N-methyl/N-ethyl adjacent to an activating group) is 1. The van der Waals surface area contributed by atoms with Crippen molar-refractivity contribution >= 4 is 17.9 Å². The first-order chi connectivity index (χ1) is 15.4. The molecule has 1 N–H and O–H groups in total. The quantitative estimate of drug-likeness (QED) is 0.705. The van der Waals surface area contributed by atoms with Gasteiger partial charge in [-0.05, 0) is 68.0 Å². The second kappa shape index (κ2) is 9.70. The molecule has 4 atom stereocenters. The van der Waals surface area contributed by atoms with Crippen molar-refractivity contribution in [1.29, 1.82) is 0 Å². The van der Waals surface area contributed by atoms with Crippen molar-refractivity contribution in [3.8, 4) is 5.88 Å². The van der Waals surface area contributed by atoms with Gasteiger partial charge in [-0.25, -0.2) is 14.6 Å². The van der Waals surface area contributed by atoms with E-state index < -0.39 is 11.6 Å². The fourth-order valence-electron chi connectivity index (χ4n) is 4.71. The van der Waals surface area contributed by atoms with Gasteiger partial charge in [-0.1, -0.05) is 0 Å². The van der Waals surface area contributed by atoms with Gasteiger partial charge in [-0.15, -0.1) is 0 Å². The molecule has 33 heavy (non-hydrogen) atoms. The van der Waals surface area contributed by atoms with Crippen LogP contribution in [0.2, 0.25) is 0 Å². The molecule has 0 radical (unpaired) electrons. The highest BCUT2D eigenvalue weighted by Gasteiger charge is 2.36. The third-order valence-electron chi connectivity index (χ3n) is 6.15. The summed E-state index contributed by atoms with van der Waals surface area (Å²) in [7, 11) is 2.07. The number of carbonyl (C=O) groups is 2. The van der Waals surface area contributed by atoms with E-state index in [4.69, 9.17) is 9.47 Å². The maximum absolute atomic E-state index is 12.7. The maximum Gasteiger partial charge on any atom is 0.410 e. The molecule has 1 aromatic heterocycles. The molecule has 0 aliphatic carbocycles. The summed E-state index contributed by atoms with van der Waals surface area (Å²) in [6, 6.07) is 1.65. The average Bonchev–Trinajstić information content (AvgIpc) is 3.11. The van der Waals surface area contributed by atoms with E-state index in [1.165, 1.54) is 0 Å². The number of piperazine rings is 1. The molecule has 3 heterocycles. The van der Waals surface area contributed by atoms with Crippen LogP contribution in [0.25, 0.3) is 0 Å². The molecule has 3 rings (SSSR count). The summed E-state index contributed by atoms with van der Waals surface area (Å²) in [5, 5.41) is 9.57. The Labute approximate surface area is 195 Å². The van der Waals surface area contributed by atoms with Crippen molar-refractivity contribution in [2.75, 3.05) is 31.6 Å². The van der Waals surface area contributed by atoms with E-state index in [-0.39, 0.29) is 42.0 Å². The maximum atomic E-state index is 12.7. The fraction of sp³-hybridized carbons (Fsp3) is 0.739. The lowest BCUT2D eigenvalue weighted by atomic mass is 10.1. The first-order valence-corrected chi connectivity index (χ1v) is 11.6. The molecule has 10 nitrogen and oxygen atoms in total. The summed E-state index contributed by atoms with van der Waals surface area (Å²) < 4.78 is 11.7. The summed E-state index contributed by atoms with van der Waals surface area (Å²) in [6.45, 7) is 13.4. The molecule has 1 amide bonds. The minimum Gasteiger partial charge on any atom is -0.475 e. The van der Waals surface area contributed by atoms with Gasteiger partial charge in [-0.3, -0.25) is 9.80 Å². The van der Waals surface area contributed by atoms with Gasteiger partial charge < -0.3 is 19.5 Å². The fourth-order valence-corrected chi connectivity index (χ4v) is 4.71. The molecule has 0 saturated carbocycles. The van der Waals surface area contributed by atoms with Gasteiger partial charge in [-0.2, -0.15) is 4.98 Å². The minimum absolute atomic E-state index is 0.135. The highest BCUT2D eigenvalue weighted by molar-refractivity contribution is 5.83. The Morgan fingerprint density at radius 2 is 1.82 bits per heavy atom. The normalized spacial score (nSPS) is 25.1. The van der Waals surface area contributed by atoms with Gasteiger partial charge in [0.2, 0.25) is 11.7 Å². The number of ether oxygens (including phenoxy) is 2. The molecule has 2 aliphatic rings. The Morgan fingerprint density at radius 3 is 2.33 bits per heavy atom. The standard InChI is InChI=1S/C23H37N5O5/c1-14-12-27(13-15(2)28(14)22(31)33-23(4,5)6)18-11-19(25-20(24-18)21(29)30)32-16(3)17-9-8-10-26(17)7/h11,14-17H,8-10,12-13H2,1-7H3,(H,29,30)/t14-,15+,16-,17-/m0/s1. The summed E-state index contributed by atoms with van der Waals surface area (Å²) in [5.41, 5.74) is -0.576. The molecule has 2 saturated heterocycles. The lowest BCUT2D eigenvalue weighted by Gasteiger charge is -2.44. The Bertz CT molecular complexity index is 861. The molecular weight excluding hydrogens is 426 g/mol. The number of aromatic carboxylic acids is 1. The van der Waals surface area contributed by atoms with Gasteiger partial charge in [0.15, 0.2) is 0 Å². The van der Waals surface area contributed by atoms with Crippen molar-refractivity contribution in [1.82, 2.24) is 19.8 Å². The number of hydrogen-bond acceptors (Lipinski definition) is 8. The molecule has 0 unspecified atom stereocenters. The van der Waals surface area contributed by atoms with E-state index in [1.807, 2.05) is 46.4 Å². The van der Waals surface area contributed by atoms with E-state index in [9.17, 15) is 14.7 Å². The van der Waals surface area contributed by atoms with Gasteiger partial charge in [0, 0.05) is 25.2 Å². The van der Waals surface area contributed by atoms with Crippen molar-refractivity contribution in [2.45, 2.75) is 84.2 Å². The minimum atomic E-state index is -1.21. The van der Waals surface area contributed by atoms with Crippen molar-refractivity contribution in [3.05, 3.63) is 11.9 Å². The number of anilines is 1. The van der Waals surface area contributed by atoms with Crippen LogP contribution >= 0.6 is 0 Å². The highest BCUT2D eigenvalue weighted by Crippen LogP contribution is 2.27. The number of carbonyl (C=O) groups excluding carboxylic acids is 1. The van der Waals surface area contributed by atoms with Crippen molar-refractivity contribution in [3.63, 3.8) is 0 Å². The highest BCUT2D eigenvalue weighted by atomic mass is 16.6. The number of hydrogen-bond donors (Lipinski definition) is 1. The Morgan fingerprint density at radius 1 is 1.18 bits per heavy atom. The molecule has 1 aromatic rings.